The number of carbonyl (C=O) groups excluding carboxylic acids is 2. The topological polar surface area (TPSA) is 80.6 Å². The zero-order valence-electron chi connectivity index (χ0n) is 12.9. The number of hydrogen-bond donors (Lipinski definition) is 2. The maximum Gasteiger partial charge on any atom is 0.411 e. The lowest BCUT2D eigenvalue weighted by Crippen LogP contribution is -2.37. The number of nitrogens with one attached hydrogen (secondary N) is 2. The molecule has 0 saturated heterocycles. The molecular formula is C14H19F3N2O4. The van der Waals surface area contributed by atoms with E-state index >= 15 is 0 Å². The summed E-state index contributed by atoms with van der Waals surface area (Å²) in [7, 11) is 0. The molecule has 6 nitrogen and oxygen atoms in total. The number of alkyl halides is 3. The molecule has 0 bridgehead atoms. The highest BCUT2D eigenvalue weighted by atomic mass is 19.4. The fourth-order valence-corrected chi connectivity index (χ4v) is 1.76. The third kappa shape index (κ3) is 7.68. The molecule has 9 heteroatoms. The standard InChI is InChI=1S/C14H19F3N2O4/c1-9-6-11(10(2)23-9)13(21)19-7-12(20)18-4-3-5-22-8-14(15,16)17/h6H,3-5,7-8H2,1-2H3,(H,18,20)(H,19,21). The molecule has 1 aromatic heterocycles. The van der Waals surface area contributed by atoms with Gasteiger partial charge in [0.1, 0.15) is 18.1 Å². The van der Waals surface area contributed by atoms with Crippen LogP contribution in [-0.4, -0.2) is 44.3 Å². The van der Waals surface area contributed by atoms with Crippen molar-refractivity contribution >= 4 is 11.8 Å². The molecule has 0 aliphatic carbocycles. The van der Waals surface area contributed by atoms with Crippen molar-refractivity contribution in [3.05, 3.63) is 23.2 Å². The van der Waals surface area contributed by atoms with Gasteiger partial charge in [-0.05, 0) is 26.3 Å². The molecule has 130 valence electrons. The van der Waals surface area contributed by atoms with Gasteiger partial charge in [-0.2, -0.15) is 13.2 Å². The number of rotatable bonds is 8. The maximum absolute atomic E-state index is 11.8. The van der Waals surface area contributed by atoms with E-state index in [4.69, 9.17) is 4.42 Å². The largest absolute Gasteiger partial charge is 0.466 e. The highest BCUT2D eigenvalue weighted by Gasteiger charge is 2.27. The first-order chi connectivity index (χ1) is 10.7. The van der Waals surface area contributed by atoms with Crippen LogP contribution in [0.1, 0.15) is 28.3 Å². The quantitative estimate of drug-likeness (QED) is 0.708. The Kier molecular flexibility index (Phi) is 7.08. The second kappa shape index (κ2) is 8.56. The molecule has 0 atom stereocenters. The summed E-state index contributed by atoms with van der Waals surface area (Å²) in [6.07, 6.45) is -4.10. The first-order valence-electron chi connectivity index (χ1n) is 6.95. The lowest BCUT2D eigenvalue weighted by atomic mass is 10.2. The van der Waals surface area contributed by atoms with Crippen LogP contribution in [0.3, 0.4) is 0 Å². The molecule has 2 N–H and O–H groups in total. The molecule has 1 aromatic rings. The molecule has 23 heavy (non-hydrogen) atoms. The zero-order valence-corrected chi connectivity index (χ0v) is 12.9. The summed E-state index contributed by atoms with van der Waals surface area (Å²) in [6, 6.07) is 1.57. The number of ether oxygens (including phenoxy) is 1. The van der Waals surface area contributed by atoms with Gasteiger partial charge in [-0.15, -0.1) is 0 Å². The summed E-state index contributed by atoms with van der Waals surface area (Å²) in [5, 5.41) is 4.90. The van der Waals surface area contributed by atoms with Crippen molar-refractivity contribution in [2.75, 3.05) is 26.3 Å². The Morgan fingerprint density at radius 1 is 1.26 bits per heavy atom. The molecule has 0 unspecified atom stereocenters. The summed E-state index contributed by atoms with van der Waals surface area (Å²) in [5.74, 6) is 0.188. The smallest absolute Gasteiger partial charge is 0.411 e. The van der Waals surface area contributed by atoms with E-state index < -0.39 is 24.6 Å². The number of amides is 2. The van der Waals surface area contributed by atoms with Gasteiger partial charge >= 0.3 is 6.18 Å². The van der Waals surface area contributed by atoms with E-state index in [1.807, 2.05) is 0 Å². The average Bonchev–Trinajstić information content (AvgIpc) is 2.77. The molecular weight excluding hydrogens is 317 g/mol. The van der Waals surface area contributed by atoms with Gasteiger partial charge < -0.3 is 19.8 Å². The Bertz CT molecular complexity index is 541. The van der Waals surface area contributed by atoms with Crippen LogP contribution in [0, 0.1) is 13.8 Å². The lowest BCUT2D eigenvalue weighted by Gasteiger charge is -2.08. The molecule has 0 radical (unpaired) electrons. The van der Waals surface area contributed by atoms with E-state index in [0.29, 0.717) is 17.1 Å². The van der Waals surface area contributed by atoms with Gasteiger partial charge in [0, 0.05) is 13.2 Å². The molecule has 0 aliphatic heterocycles. The van der Waals surface area contributed by atoms with E-state index in [9.17, 15) is 22.8 Å². The van der Waals surface area contributed by atoms with Crippen molar-refractivity contribution in [2.24, 2.45) is 0 Å². The average molecular weight is 336 g/mol. The third-order valence-electron chi connectivity index (χ3n) is 2.75. The number of aryl methyl sites for hydroxylation is 2. The summed E-state index contributed by atoms with van der Waals surface area (Å²) >= 11 is 0. The Morgan fingerprint density at radius 2 is 1.96 bits per heavy atom. The minimum atomic E-state index is -4.35. The first-order valence-corrected chi connectivity index (χ1v) is 6.95. The Balaban J connectivity index is 2.15. The predicted molar refractivity (Wildman–Crippen MR) is 75.0 cm³/mol. The van der Waals surface area contributed by atoms with Crippen LogP contribution in [0.2, 0.25) is 0 Å². The second-order valence-corrected chi connectivity index (χ2v) is 4.88. The van der Waals surface area contributed by atoms with Gasteiger partial charge in [0.15, 0.2) is 0 Å². The van der Waals surface area contributed by atoms with Crippen molar-refractivity contribution in [1.29, 1.82) is 0 Å². The lowest BCUT2D eigenvalue weighted by molar-refractivity contribution is -0.174. The third-order valence-corrected chi connectivity index (χ3v) is 2.75. The van der Waals surface area contributed by atoms with E-state index in [2.05, 4.69) is 15.4 Å². The van der Waals surface area contributed by atoms with Crippen LogP contribution in [-0.2, 0) is 9.53 Å². The van der Waals surface area contributed by atoms with E-state index in [-0.39, 0.29) is 26.1 Å². The summed E-state index contributed by atoms with van der Waals surface area (Å²) in [6.45, 7) is 1.86. The van der Waals surface area contributed by atoms with Crippen LogP contribution >= 0.6 is 0 Å². The number of carbonyl (C=O) groups is 2. The molecule has 1 rings (SSSR count). The van der Waals surface area contributed by atoms with E-state index in [1.165, 1.54) is 0 Å². The maximum atomic E-state index is 11.8. The molecule has 0 aromatic carbocycles. The van der Waals surface area contributed by atoms with Crippen LogP contribution in [0.25, 0.3) is 0 Å². The van der Waals surface area contributed by atoms with Gasteiger partial charge in [-0.25, -0.2) is 0 Å². The molecule has 0 spiro atoms. The van der Waals surface area contributed by atoms with Gasteiger partial charge in [-0.1, -0.05) is 0 Å². The molecule has 0 aliphatic rings. The van der Waals surface area contributed by atoms with Crippen LogP contribution < -0.4 is 10.6 Å². The molecule has 2 amide bonds. The Hall–Kier alpha value is -2.03. The van der Waals surface area contributed by atoms with Gasteiger partial charge in [0.25, 0.3) is 5.91 Å². The number of hydrogen-bond acceptors (Lipinski definition) is 4. The summed E-state index contributed by atoms with van der Waals surface area (Å²) in [5.41, 5.74) is 0.357. The van der Waals surface area contributed by atoms with Gasteiger partial charge in [-0.3, -0.25) is 9.59 Å². The monoisotopic (exact) mass is 336 g/mol. The molecule has 1 heterocycles. The van der Waals surface area contributed by atoms with Crippen molar-refractivity contribution in [3.8, 4) is 0 Å². The van der Waals surface area contributed by atoms with Gasteiger partial charge in [0.2, 0.25) is 5.91 Å². The van der Waals surface area contributed by atoms with Crippen molar-refractivity contribution in [2.45, 2.75) is 26.4 Å². The minimum absolute atomic E-state index is 0.111. The Morgan fingerprint density at radius 3 is 2.52 bits per heavy atom. The fourth-order valence-electron chi connectivity index (χ4n) is 1.76. The molecule has 0 saturated carbocycles. The highest BCUT2D eigenvalue weighted by molar-refractivity contribution is 5.97. The van der Waals surface area contributed by atoms with Crippen LogP contribution in [0.4, 0.5) is 13.2 Å². The van der Waals surface area contributed by atoms with Crippen molar-refractivity contribution in [1.82, 2.24) is 10.6 Å². The van der Waals surface area contributed by atoms with Crippen molar-refractivity contribution in [3.63, 3.8) is 0 Å². The number of furan rings is 1. The normalized spacial score (nSPS) is 11.3. The van der Waals surface area contributed by atoms with Crippen LogP contribution in [0.15, 0.2) is 10.5 Å². The fraction of sp³-hybridized carbons (Fsp3) is 0.571. The summed E-state index contributed by atoms with van der Waals surface area (Å²) in [4.78, 5) is 23.3. The van der Waals surface area contributed by atoms with E-state index in [1.54, 1.807) is 19.9 Å². The van der Waals surface area contributed by atoms with Crippen LogP contribution in [0.5, 0.6) is 0 Å². The number of halogens is 3. The SMILES string of the molecule is Cc1cc(C(=O)NCC(=O)NCCCOCC(F)(F)F)c(C)o1. The van der Waals surface area contributed by atoms with E-state index in [0.717, 1.165) is 0 Å². The van der Waals surface area contributed by atoms with Crippen molar-refractivity contribution < 1.29 is 31.9 Å². The second-order valence-electron chi connectivity index (χ2n) is 4.88. The first kappa shape index (κ1) is 19.0. The Labute approximate surface area is 131 Å². The minimum Gasteiger partial charge on any atom is -0.466 e. The molecule has 0 fully saturated rings. The van der Waals surface area contributed by atoms with Gasteiger partial charge in [0.05, 0.1) is 12.1 Å². The predicted octanol–water partition coefficient (Wildman–Crippen LogP) is 1.71. The highest BCUT2D eigenvalue weighted by Crippen LogP contribution is 2.14. The summed E-state index contributed by atoms with van der Waals surface area (Å²) < 4.78 is 45.0. The zero-order chi connectivity index (χ0) is 17.5.